The fourth-order valence-corrected chi connectivity index (χ4v) is 2.30. The minimum Gasteiger partial charge on any atom is -0.484 e. The van der Waals surface area contributed by atoms with Crippen molar-refractivity contribution in [2.45, 2.75) is 31.8 Å². The van der Waals surface area contributed by atoms with Crippen molar-refractivity contribution < 1.29 is 14.6 Å². The zero-order valence-electron chi connectivity index (χ0n) is 11.3. The van der Waals surface area contributed by atoms with E-state index in [2.05, 4.69) is 5.32 Å². The molecule has 1 aliphatic rings. The molecule has 0 saturated carbocycles. The topological polar surface area (TPSA) is 82.4 Å². The van der Waals surface area contributed by atoms with Gasteiger partial charge >= 0.3 is 0 Å². The van der Waals surface area contributed by atoms with Crippen molar-refractivity contribution in [1.82, 2.24) is 5.32 Å². The van der Waals surface area contributed by atoms with E-state index in [-0.39, 0.29) is 18.9 Å². The number of fused-ring (bicyclic) bond motifs is 1. The van der Waals surface area contributed by atoms with Crippen LogP contribution in [-0.2, 0) is 11.2 Å². The summed E-state index contributed by atoms with van der Waals surface area (Å²) in [6.45, 7) is 0.252. The summed E-state index contributed by atoms with van der Waals surface area (Å²) in [5.74, 6) is 0.332. The highest BCUT2D eigenvalue weighted by Gasteiger charge is 2.18. The van der Waals surface area contributed by atoms with Gasteiger partial charge in [0, 0.05) is 6.54 Å². The number of carbonyl (C=O) groups excluding carboxylic acids is 1. The van der Waals surface area contributed by atoms with Crippen LogP contribution in [0.4, 0.5) is 0 Å². The van der Waals surface area contributed by atoms with Crippen LogP contribution in [0.3, 0.4) is 0 Å². The average Bonchev–Trinajstić information content (AvgIpc) is 2.46. The maximum Gasteiger partial charge on any atom is 0.257 e. The van der Waals surface area contributed by atoms with Crippen molar-refractivity contribution in [1.29, 1.82) is 5.26 Å². The summed E-state index contributed by atoms with van der Waals surface area (Å²) in [6.07, 6.45) is 2.59. The quantitative estimate of drug-likeness (QED) is 0.796. The van der Waals surface area contributed by atoms with Gasteiger partial charge in [0.2, 0.25) is 0 Å². The van der Waals surface area contributed by atoms with Crippen LogP contribution in [0.25, 0.3) is 0 Å². The van der Waals surface area contributed by atoms with Crippen LogP contribution in [0.5, 0.6) is 5.75 Å². The van der Waals surface area contributed by atoms with Gasteiger partial charge in [0.25, 0.3) is 5.91 Å². The molecule has 5 nitrogen and oxygen atoms in total. The summed E-state index contributed by atoms with van der Waals surface area (Å²) in [4.78, 5) is 11.4. The van der Waals surface area contributed by atoms with Gasteiger partial charge in [0.15, 0.2) is 6.61 Å². The molecular formula is C15H18N2O3. The Kier molecular flexibility index (Phi) is 4.97. The summed E-state index contributed by atoms with van der Waals surface area (Å²) >= 11 is 0. The number of hydrogen-bond donors (Lipinski definition) is 2. The lowest BCUT2D eigenvalue weighted by molar-refractivity contribution is -0.123. The minimum absolute atomic E-state index is 0.0830. The van der Waals surface area contributed by atoms with Gasteiger partial charge in [0.05, 0.1) is 18.6 Å². The van der Waals surface area contributed by atoms with Gasteiger partial charge in [-0.25, -0.2) is 0 Å². The Morgan fingerprint density at radius 3 is 3.20 bits per heavy atom. The normalized spacial score (nSPS) is 16.9. The summed E-state index contributed by atoms with van der Waals surface area (Å²) in [5, 5.41) is 20.9. The number of rotatable bonds is 5. The van der Waals surface area contributed by atoms with E-state index in [0.717, 1.165) is 30.4 Å². The smallest absolute Gasteiger partial charge is 0.257 e. The minimum atomic E-state index is -0.438. The zero-order chi connectivity index (χ0) is 14.4. The molecule has 5 heteroatoms. The molecule has 2 rings (SSSR count). The molecule has 1 aromatic rings. The van der Waals surface area contributed by atoms with E-state index >= 15 is 0 Å². The molecule has 0 fully saturated rings. The second-order valence-electron chi connectivity index (χ2n) is 4.82. The first-order chi connectivity index (χ1) is 9.70. The predicted octanol–water partition coefficient (Wildman–Crippen LogP) is 1.46. The van der Waals surface area contributed by atoms with Crippen molar-refractivity contribution in [3.63, 3.8) is 0 Å². The van der Waals surface area contributed by atoms with Crippen LogP contribution in [-0.4, -0.2) is 24.2 Å². The summed E-state index contributed by atoms with van der Waals surface area (Å²) in [6, 6.07) is 7.52. The molecule has 1 atom stereocenters. The van der Waals surface area contributed by atoms with Crippen molar-refractivity contribution in [2.75, 3.05) is 13.2 Å². The monoisotopic (exact) mass is 274 g/mol. The Bertz CT molecular complexity index is 522. The third-order valence-corrected chi connectivity index (χ3v) is 3.33. The van der Waals surface area contributed by atoms with E-state index in [1.807, 2.05) is 24.3 Å². The Hall–Kier alpha value is -2.06. The lowest BCUT2D eigenvalue weighted by Crippen LogP contribution is -2.29. The van der Waals surface area contributed by atoms with Crippen molar-refractivity contribution in [2.24, 2.45) is 0 Å². The predicted molar refractivity (Wildman–Crippen MR) is 73.1 cm³/mol. The fraction of sp³-hybridized carbons (Fsp3) is 0.467. The second kappa shape index (κ2) is 6.92. The van der Waals surface area contributed by atoms with Crippen LogP contribution in [0.15, 0.2) is 18.2 Å². The van der Waals surface area contributed by atoms with Crippen LogP contribution < -0.4 is 10.1 Å². The van der Waals surface area contributed by atoms with Crippen LogP contribution in [0.2, 0.25) is 0 Å². The average molecular weight is 274 g/mol. The van der Waals surface area contributed by atoms with E-state index in [1.165, 1.54) is 0 Å². The molecule has 20 heavy (non-hydrogen) atoms. The number of aliphatic hydroxyl groups is 1. The lowest BCUT2D eigenvalue weighted by atomic mass is 9.89. The fourth-order valence-electron chi connectivity index (χ4n) is 2.30. The van der Waals surface area contributed by atoms with Gasteiger partial charge in [0.1, 0.15) is 5.75 Å². The van der Waals surface area contributed by atoms with Gasteiger partial charge < -0.3 is 15.2 Å². The third kappa shape index (κ3) is 3.72. The molecule has 106 valence electrons. The zero-order valence-corrected chi connectivity index (χ0v) is 11.3. The molecule has 1 aliphatic carbocycles. The van der Waals surface area contributed by atoms with Gasteiger partial charge in [-0.2, -0.15) is 5.26 Å². The van der Waals surface area contributed by atoms with E-state index < -0.39 is 6.10 Å². The number of carbonyl (C=O) groups is 1. The molecule has 0 aliphatic heterocycles. The largest absolute Gasteiger partial charge is 0.484 e. The maximum absolute atomic E-state index is 11.4. The second-order valence-corrected chi connectivity index (χ2v) is 4.82. The van der Waals surface area contributed by atoms with Gasteiger partial charge in [-0.05, 0) is 42.5 Å². The SMILES string of the molecule is N#CCCNC(=O)COc1ccc2c(c1)[C@@H](O)CCC2. The van der Waals surface area contributed by atoms with Crippen molar-refractivity contribution >= 4 is 5.91 Å². The molecule has 0 unspecified atom stereocenters. The molecule has 0 spiro atoms. The highest BCUT2D eigenvalue weighted by molar-refractivity contribution is 5.77. The summed E-state index contributed by atoms with van der Waals surface area (Å²) in [7, 11) is 0. The third-order valence-electron chi connectivity index (χ3n) is 3.33. The first-order valence-corrected chi connectivity index (χ1v) is 6.78. The van der Waals surface area contributed by atoms with Crippen LogP contribution in [0.1, 0.15) is 36.5 Å². The molecule has 0 heterocycles. The molecule has 0 aromatic heterocycles. The van der Waals surface area contributed by atoms with E-state index in [0.29, 0.717) is 12.3 Å². The molecule has 1 amide bonds. The first kappa shape index (κ1) is 14.4. The number of nitrogens with zero attached hydrogens (tertiary/aromatic N) is 1. The number of amides is 1. The van der Waals surface area contributed by atoms with E-state index in [4.69, 9.17) is 10.00 Å². The van der Waals surface area contributed by atoms with Gasteiger partial charge in [-0.3, -0.25) is 4.79 Å². The number of hydrogen-bond acceptors (Lipinski definition) is 4. The van der Waals surface area contributed by atoms with Crippen molar-refractivity contribution in [3.05, 3.63) is 29.3 Å². The molecule has 0 radical (unpaired) electrons. The summed E-state index contributed by atoms with van der Waals surface area (Å²) in [5.41, 5.74) is 2.05. The Balaban J connectivity index is 1.89. The van der Waals surface area contributed by atoms with Crippen molar-refractivity contribution in [3.8, 4) is 11.8 Å². The number of aryl methyl sites for hydroxylation is 1. The Labute approximate surface area is 118 Å². The molecule has 0 bridgehead atoms. The number of aliphatic hydroxyl groups excluding tert-OH is 1. The number of ether oxygens (including phenoxy) is 1. The standard InChI is InChI=1S/C15H18N2O3/c16-7-2-8-17-15(19)10-20-12-6-5-11-3-1-4-14(18)13(11)9-12/h5-6,9,14,18H,1-4,8,10H2,(H,17,19)/t14-/m0/s1. The van der Waals surface area contributed by atoms with E-state index in [1.54, 1.807) is 0 Å². The number of benzene rings is 1. The molecular weight excluding hydrogens is 256 g/mol. The molecule has 2 N–H and O–H groups in total. The lowest BCUT2D eigenvalue weighted by Gasteiger charge is -2.21. The Morgan fingerprint density at radius 2 is 2.40 bits per heavy atom. The van der Waals surface area contributed by atoms with Gasteiger partial charge in [-0.15, -0.1) is 0 Å². The highest BCUT2D eigenvalue weighted by Crippen LogP contribution is 2.32. The van der Waals surface area contributed by atoms with E-state index in [9.17, 15) is 9.90 Å². The van der Waals surface area contributed by atoms with Gasteiger partial charge in [-0.1, -0.05) is 6.07 Å². The van der Waals surface area contributed by atoms with Crippen LogP contribution in [0, 0.1) is 11.3 Å². The Morgan fingerprint density at radius 1 is 1.55 bits per heavy atom. The molecule has 0 saturated heterocycles. The maximum atomic E-state index is 11.4. The van der Waals surface area contributed by atoms with Crippen LogP contribution >= 0.6 is 0 Å². The summed E-state index contributed by atoms with van der Waals surface area (Å²) < 4.78 is 5.41. The molecule has 1 aromatic carbocycles. The number of nitrogens with one attached hydrogen (secondary N) is 1. The first-order valence-electron chi connectivity index (χ1n) is 6.78. The highest BCUT2D eigenvalue weighted by atomic mass is 16.5. The number of nitriles is 1.